The monoisotopic (exact) mass is 414 g/mol. The Morgan fingerprint density at radius 2 is 1.79 bits per heavy atom. The van der Waals surface area contributed by atoms with Crippen LogP contribution in [0.25, 0.3) is 5.57 Å². The second kappa shape index (κ2) is 9.11. The fourth-order valence-corrected chi connectivity index (χ4v) is 3.36. The summed E-state index contributed by atoms with van der Waals surface area (Å²) in [4.78, 5) is 27.3. The lowest BCUT2D eigenvalue weighted by Crippen LogP contribution is -2.35. The molecule has 2 amide bonds. The van der Waals surface area contributed by atoms with Crippen molar-refractivity contribution >= 4 is 34.7 Å². The standard InChI is InChI=1S/C22H23ClN2O4/c1-4-29-17-8-5-15(6-9-17)19-20(22(27)25(21(19)26)11-12-28-3)24-18-10-7-16(23)13-14(18)2/h5-10,13,24H,4,11-12H2,1-3H3. The Morgan fingerprint density at radius 3 is 2.41 bits per heavy atom. The molecular formula is C22H23ClN2O4. The van der Waals surface area contributed by atoms with E-state index in [1.807, 2.05) is 13.8 Å². The number of anilines is 1. The van der Waals surface area contributed by atoms with Crippen LogP contribution in [0.2, 0.25) is 5.02 Å². The van der Waals surface area contributed by atoms with E-state index in [1.165, 1.54) is 12.0 Å². The summed E-state index contributed by atoms with van der Waals surface area (Å²) in [5.74, 6) is -0.0384. The van der Waals surface area contributed by atoms with Gasteiger partial charge in [0.1, 0.15) is 11.4 Å². The van der Waals surface area contributed by atoms with Gasteiger partial charge in [0.2, 0.25) is 0 Å². The Bertz CT molecular complexity index is 954. The smallest absolute Gasteiger partial charge is 0.278 e. The van der Waals surface area contributed by atoms with Gasteiger partial charge >= 0.3 is 0 Å². The first-order chi connectivity index (χ1) is 14.0. The molecule has 0 aliphatic carbocycles. The highest BCUT2D eigenvalue weighted by Gasteiger charge is 2.39. The number of methoxy groups -OCH3 is 1. The van der Waals surface area contributed by atoms with Gasteiger partial charge in [0, 0.05) is 17.8 Å². The van der Waals surface area contributed by atoms with Crippen LogP contribution in [0.5, 0.6) is 5.75 Å². The number of amides is 2. The molecule has 2 aromatic carbocycles. The molecule has 0 unspecified atom stereocenters. The number of benzene rings is 2. The summed E-state index contributed by atoms with van der Waals surface area (Å²) in [6, 6.07) is 12.4. The first-order valence-electron chi connectivity index (χ1n) is 9.32. The summed E-state index contributed by atoms with van der Waals surface area (Å²) in [5, 5.41) is 3.75. The third-order valence-electron chi connectivity index (χ3n) is 4.59. The lowest BCUT2D eigenvalue weighted by atomic mass is 10.0. The predicted octanol–water partition coefficient (Wildman–Crippen LogP) is 3.89. The fourth-order valence-electron chi connectivity index (χ4n) is 3.13. The normalized spacial score (nSPS) is 14.0. The Kier molecular flexibility index (Phi) is 6.56. The largest absolute Gasteiger partial charge is 0.494 e. The second-order valence-corrected chi connectivity index (χ2v) is 6.98. The third-order valence-corrected chi connectivity index (χ3v) is 4.82. The Balaban J connectivity index is 2.02. The fraction of sp³-hybridized carbons (Fsp3) is 0.273. The Hall–Kier alpha value is -2.83. The highest BCUT2D eigenvalue weighted by Crippen LogP contribution is 2.32. The molecule has 0 spiro atoms. The summed E-state index contributed by atoms with van der Waals surface area (Å²) in [6.45, 7) is 4.78. The van der Waals surface area contributed by atoms with Crippen LogP contribution in [0.1, 0.15) is 18.1 Å². The molecule has 152 valence electrons. The highest BCUT2D eigenvalue weighted by atomic mass is 35.5. The molecule has 29 heavy (non-hydrogen) atoms. The Morgan fingerprint density at radius 1 is 1.07 bits per heavy atom. The van der Waals surface area contributed by atoms with E-state index in [2.05, 4.69) is 5.32 Å². The number of nitrogens with one attached hydrogen (secondary N) is 1. The van der Waals surface area contributed by atoms with Crippen LogP contribution in [0.15, 0.2) is 48.2 Å². The van der Waals surface area contributed by atoms with Crippen LogP contribution in [-0.4, -0.2) is 43.6 Å². The van der Waals surface area contributed by atoms with Gasteiger partial charge in [-0.15, -0.1) is 0 Å². The zero-order valence-corrected chi connectivity index (χ0v) is 17.4. The van der Waals surface area contributed by atoms with Crippen molar-refractivity contribution in [1.29, 1.82) is 0 Å². The van der Waals surface area contributed by atoms with Gasteiger partial charge in [-0.05, 0) is 55.3 Å². The molecule has 0 saturated heterocycles. The average molecular weight is 415 g/mol. The summed E-state index contributed by atoms with van der Waals surface area (Å²) in [5.41, 5.74) is 2.78. The lowest BCUT2D eigenvalue weighted by molar-refractivity contribution is -0.137. The first-order valence-corrected chi connectivity index (χ1v) is 9.69. The van der Waals surface area contributed by atoms with Crippen molar-refractivity contribution in [1.82, 2.24) is 4.90 Å². The zero-order valence-electron chi connectivity index (χ0n) is 16.6. The van der Waals surface area contributed by atoms with Crippen LogP contribution >= 0.6 is 11.6 Å². The van der Waals surface area contributed by atoms with Crippen LogP contribution in [-0.2, 0) is 14.3 Å². The van der Waals surface area contributed by atoms with Gasteiger partial charge in [0.05, 0.1) is 25.3 Å². The molecule has 1 aliphatic rings. The molecule has 1 heterocycles. The van der Waals surface area contributed by atoms with Crippen molar-refractivity contribution in [2.75, 3.05) is 32.2 Å². The van der Waals surface area contributed by atoms with Gasteiger partial charge in [0.25, 0.3) is 11.8 Å². The number of halogens is 1. The maximum Gasteiger partial charge on any atom is 0.278 e. The molecular weight excluding hydrogens is 392 g/mol. The SMILES string of the molecule is CCOc1ccc(C2=C(Nc3ccc(Cl)cc3C)C(=O)N(CCOC)C2=O)cc1. The minimum absolute atomic E-state index is 0.180. The number of aryl methyl sites for hydroxylation is 1. The molecule has 3 rings (SSSR count). The molecule has 1 N–H and O–H groups in total. The zero-order chi connectivity index (χ0) is 21.0. The topological polar surface area (TPSA) is 67.9 Å². The van der Waals surface area contributed by atoms with Crippen molar-refractivity contribution in [2.24, 2.45) is 0 Å². The van der Waals surface area contributed by atoms with E-state index < -0.39 is 0 Å². The minimum atomic E-state index is -0.384. The quantitative estimate of drug-likeness (QED) is 0.664. The molecule has 2 aromatic rings. The number of ether oxygens (including phenoxy) is 2. The van der Waals surface area contributed by atoms with E-state index in [4.69, 9.17) is 21.1 Å². The van der Waals surface area contributed by atoms with Gasteiger partial charge in [-0.2, -0.15) is 0 Å². The molecule has 0 atom stereocenters. The number of rotatable bonds is 8. The van der Waals surface area contributed by atoms with Crippen LogP contribution in [0, 0.1) is 6.92 Å². The van der Waals surface area contributed by atoms with Crippen molar-refractivity contribution in [3.8, 4) is 5.75 Å². The molecule has 1 aliphatic heterocycles. The van der Waals surface area contributed by atoms with Crippen LogP contribution in [0.3, 0.4) is 0 Å². The summed E-state index contributed by atoms with van der Waals surface area (Å²) < 4.78 is 10.5. The lowest BCUT2D eigenvalue weighted by Gasteiger charge is -2.15. The average Bonchev–Trinajstić information content (AvgIpc) is 2.93. The number of hydrogen-bond acceptors (Lipinski definition) is 5. The van der Waals surface area contributed by atoms with E-state index in [9.17, 15) is 9.59 Å². The molecule has 0 saturated carbocycles. The van der Waals surface area contributed by atoms with E-state index in [0.29, 0.717) is 34.2 Å². The maximum atomic E-state index is 13.1. The van der Waals surface area contributed by atoms with Crippen LogP contribution in [0.4, 0.5) is 5.69 Å². The van der Waals surface area contributed by atoms with Crippen molar-refractivity contribution in [3.63, 3.8) is 0 Å². The van der Waals surface area contributed by atoms with E-state index in [-0.39, 0.29) is 30.7 Å². The van der Waals surface area contributed by atoms with E-state index >= 15 is 0 Å². The van der Waals surface area contributed by atoms with E-state index in [0.717, 1.165) is 5.56 Å². The summed E-state index contributed by atoms with van der Waals surface area (Å²) >= 11 is 6.04. The number of imide groups is 1. The minimum Gasteiger partial charge on any atom is -0.494 e. The summed E-state index contributed by atoms with van der Waals surface area (Å²) in [6.07, 6.45) is 0. The maximum absolute atomic E-state index is 13.1. The molecule has 6 nitrogen and oxygen atoms in total. The first kappa shape index (κ1) is 20.9. The molecule has 0 radical (unpaired) electrons. The number of hydrogen-bond donors (Lipinski definition) is 1. The number of carbonyl (C=O) groups is 2. The van der Waals surface area contributed by atoms with Gasteiger partial charge in [0.15, 0.2) is 0 Å². The summed E-state index contributed by atoms with van der Waals surface area (Å²) in [7, 11) is 1.53. The third kappa shape index (κ3) is 4.44. The predicted molar refractivity (Wildman–Crippen MR) is 113 cm³/mol. The van der Waals surface area contributed by atoms with Gasteiger partial charge < -0.3 is 14.8 Å². The molecule has 0 bridgehead atoms. The van der Waals surface area contributed by atoms with Crippen molar-refractivity contribution in [2.45, 2.75) is 13.8 Å². The van der Waals surface area contributed by atoms with E-state index in [1.54, 1.807) is 42.5 Å². The molecule has 0 fully saturated rings. The van der Waals surface area contributed by atoms with Crippen molar-refractivity contribution < 1.29 is 19.1 Å². The van der Waals surface area contributed by atoms with Gasteiger partial charge in [-0.1, -0.05) is 23.7 Å². The number of nitrogens with zero attached hydrogens (tertiary/aromatic N) is 1. The van der Waals surface area contributed by atoms with Crippen LogP contribution < -0.4 is 10.1 Å². The Labute approximate surface area is 175 Å². The van der Waals surface area contributed by atoms with Gasteiger partial charge in [-0.25, -0.2) is 0 Å². The molecule has 0 aromatic heterocycles. The molecule has 7 heteroatoms. The highest BCUT2D eigenvalue weighted by molar-refractivity contribution is 6.36. The van der Waals surface area contributed by atoms with Gasteiger partial charge in [-0.3, -0.25) is 14.5 Å². The number of carbonyl (C=O) groups excluding carboxylic acids is 2. The van der Waals surface area contributed by atoms with Crippen molar-refractivity contribution in [3.05, 3.63) is 64.3 Å². The second-order valence-electron chi connectivity index (χ2n) is 6.55.